The zero-order chi connectivity index (χ0) is 11.0. The predicted molar refractivity (Wildman–Crippen MR) is 64.6 cm³/mol. The summed E-state index contributed by atoms with van der Waals surface area (Å²) in [4.78, 5) is 4.84. The molecule has 3 heterocycles. The van der Waals surface area contributed by atoms with Crippen LogP contribution in [0, 0.1) is 0 Å². The SMILES string of the molecule is CC1CC(c2cn3c(n2)CCCC3)CCN1. The molecule has 0 aliphatic carbocycles. The summed E-state index contributed by atoms with van der Waals surface area (Å²) < 4.78 is 2.38. The molecule has 3 heteroatoms. The van der Waals surface area contributed by atoms with Crippen LogP contribution >= 0.6 is 0 Å². The predicted octanol–water partition coefficient (Wildman–Crippen LogP) is 2.07. The maximum atomic E-state index is 4.84. The van der Waals surface area contributed by atoms with E-state index in [1.165, 1.54) is 50.2 Å². The van der Waals surface area contributed by atoms with Crippen LogP contribution in [0.4, 0.5) is 0 Å². The molecule has 16 heavy (non-hydrogen) atoms. The fourth-order valence-electron chi connectivity index (χ4n) is 3.03. The Morgan fingerprint density at radius 2 is 2.38 bits per heavy atom. The van der Waals surface area contributed by atoms with Crippen LogP contribution in [-0.2, 0) is 13.0 Å². The molecule has 0 aromatic carbocycles. The number of nitrogens with zero attached hydrogens (tertiary/aromatic N) is 2. The molecule has 1 aromatic heterocycles. The largest absolute Gasteiger partial charge is 0.335 e. The number of imidazole rings is 1. The molecule has 3 rings (SSSR count). The monoisotopic (exact) mass is 219 g/mol. The summed E-state index contributed by atoms with van der Waals surface area (Å²) in [6, 6.07) is 0.650. The lowest BCUT2D eigenvalue weighted by molar-refractivity contribution is 0.377. The summed E-state index contributed by atoms with van der Waals surface area (Å²) >= 11 is 0. The zero-order valence-corrected chi connectivity index (χ0v) is 10.1. The van der Waals surface area contributed by atoms with E-state index in [-0.39, 0.29) is 0 Å². The number of hydrogen-bond acceptors (Lipinski definition) is 2. The minimum Gasteiger partial charge on any atom is -0.335 e. The van der Waals surface area contributed by atoms with Gasteiger partial charge in [0.25, 0.3) is 0 Å². The zero-order valence-electron chi connectivity index (χ0n) is 10.1. The van der Waals surface area contributed by atoms with Gasteiger partial charge in [0.05, 0.1) is 5.69 Å². The van der Waals surface area contributed by atoms with E-state index < -0.39 is 0 Å². The van der Waals surface area contributed by atoms with E-state index in [4.69, 9.17) is 4.98 Å². The molecule has 2 atom stereocenters. The molecule has 1 aromatic rings. The van der Waals surface area contributed by atoms with Gasteiger partial charge in [-0.1, -0.05) is 0 Å². The molecule has 2 aliphatic rings. The minimum absolute atomic E-state index is 0.650. The van der Waals surface area contributed by atoms with Gasteiger partial charge in [-0.15, -0.1) is 0 Å². The number of piperidine rings is 1. The van der Waals surface area contributed by atoms with Gasteiger partial charge >= 0.3 is 0 Å². The Labute approximate surface area is 97.3 Å². The first-order valence-electron chi connectivity index (χ1n) is 6.62. The fourth-order valence-corrected chi connectivity index (χ4v) is 3.03. The molecule has 0 radical (unpaired) electrons. The van der Waals surface area contributed by atoms with E-state index in [9.17, 15) is 0 Å². The first kappa shape index (κ1) is 10.3. The molecule has 0 spiro atoms. The summed E-state index contributed by atoms with van der Waals surface area (Å²) in [5, 5.41) is 3.51. The lowest BCUT2D eigenvalue weighted by Crippen LogP contribution is -2.34. The van der Waals surface area contributed by atoms with Crippen molar-refractivity contribution in [2.75, 3.05) is 6.54 Å². The minimum atomic E-state index is 0.650. The van der Waals surface area contributed by atoms with Gasteiger partial charge in [0.2, 0.25) is 0 Å². The molecule has 3 nitrogen and oxygen atoms in total. The standard InChI is InChI=1S/C13H21N3/c1-10-8-11(5-6-14-10)12-9-16-7-3-2-4-13(16)15-12/h9-11,14H,2-8H2,1H3. The number of hydrogen-bond donors (Lipinski definition) is 1. The highest BCUT2D eigenvalue weighted by Crippen LogP contribution is 2.28. The number of fused-ring (bicyclic) bond motifs is 1. The van der Waals surface area contributed by atoms with Gasteiger partial charge in [-0.25, -0.2) is 4.98 Å². The van der Waals surface area contributed by atoms with Crippen molar-refractivity contribution in [1.29, 1.82) is 0 Å². The van der Waals surface area contributed by atoms with Crippen LogP contribution in [0.15, 0.2) is 6.20 Å². The van der Waals surface area contributed by atoms with Gasteiger partial charge in [-0.2, -0.15) is 0 Å². The molecular formula is C13H21N3. The second-order valence-corrected chi connectivity index (χ2v) is 5.31. The molecule has 1 saturated heterocycles. The first-order chi connectivity index (χ1) is 7.83. The number of rotatable bonds is 1. The molecule has 88 valence electrons. The van der Waals surface area contributed by atoms with Crippen LogP contribution in [0.3, 0.4) is 0 Å². The van der Waals surface area contributed by atoms with Gasteiger partial charge in [-0.3, -0.25) is 0 Å². The third kappa shape index (κ3) is 1.88. The summed E-state index contributed by atoms with van der Waals surface area (Å²) in [5.74, 6) is 2.02. The lowest BCUT2D eigenvalue weighted by Gasteiger charge is -2.26. The Morgan fingerprint density at radius 1 is 1.44 bits per heavy atom. The maximum absolute atomic E-state index is 4.84. The Morgan fingerprint density at radius 3 is 3.19 bits per heavy atom. The molecule has 2 unspecified atom stereocenters. The Kier molecular flexibility index (Phi) is 2.72. The fraction of sp³-hybridized carbons (Fsp3) is 0.769. The smallest absolute Gasteiger partial charge is 0.108 e. The van der Waals surface area contributed by atoms with Crippen molar-refractivity contribution in [1.82, 2.24) is 14.9 Å². The Balaban J connectivity index is 1.80. The second kappa shape index (κ2) is 4.21. The highest BCUT2D eigenvalue weighted by molar-refractivity contribution is 5.12. The van der Waals surface area contributed by atoms with E-state index in [2.05, 4.69) is 23.0 Å². The van der Waals surface area contributed by atoms with Crippen molar-refractivity contribution < 1.29 is 0 Å². The molecule has 1 N–H and O–H groups in total. The number of aromatic nitrogens is 2. The molecule has 0 bridgehead atoms. The van der Waals surface area contributed by atoms with Gasteiger partial charge in [-0.05, 0) is 39.2 Å². The van der Waals surface area contributed by atoms with Crippen molar-refractivity contribution in [2.45, 2.75) is 57.5 Å². The van der Waals surface area contributed by atoms with E-state index >= 15 is 0 Å². The van der Waals surface area contributed by atoms with Crippen molar-refractivity contribution in [2.24, 2.45) is 0 Å². The molecule has 2 aliphatic heterocycles. The Hall–Kier alpha value is -0.830. The molecule has 0 saturated carbocycles. The number of nitrogens with one attached hydrogen (secondary N) is 1. The van der Waals surface area contributed by atoms with E-state index in [1.807, 2.05) is 0 Å². The van der Waals surface area contributed by atoms with Crippen molar-refractivity contribution in [3.8, 4) is 0 Å². The van der Waals surface area contributed by atoms with Gasteiger partial charge in [0.15, 0.2) is 0 Å². The first-order valence-corrected chi connectivity index (χ1v) is 6.62. The van der Waals surface area contributed by atoms with Crippen LogP contribution in [0.5, 0.6) is 0 Å². The van der Waals surface area contributed by atoms with Crippen LogP contribution < -0.4 is 5.32 Å². The van der Waals surface area contributed by atoms with Crippen molar-refractivity contribution in [3.05, 3.63) is 17.7 Å². The van der Waals surface area contributed by atoms with E-state index in [1.54, 1.807) is 0 Å². The van der Waals surface area contributed by atoms with E-state index in [0.29, 0.717) is 12.0 Å². The van der Waals surface area contributed by atoms with Gasteiger partial charge in [0.1, 0.15) is 5.82 Å². The normalized spacial score (nSPS) is 30.1. The quantitative estimate of drug-likeness (QED) is 0.783. The summed E-state index contributed by atoms with van der Waals surface area (Å²) in [7, 11) is 0. The lowest BCUT2D eigenvalue weighted by atomic mass is 9.91. The molecular weight excluding hydrogens is 198 g/mol. The summed E-state index contributed by atoms with van der Waals surface area (Å²) in [6.07, 6.45) is 8.64. The number of aryl methyl sites for hydroxylation is 2. The maximum Gasteiger partial charge on any atom is 0.108 e. The third-order valence-corrected chi connectivity index (χ3v) is 3.97. The average Bonchev–Trinajstić information content (AvgIpc) is 2.72. The molecule has 0 amide bonds. The second-order valence-electron chi connectivity index (χ2n) is 5.31. The third-order valence-electron chi connectivity index (χ3n) is 3.97. The topological polar surface area (TPSA) is 29.9 Å². The van der Waals surface area contributed by atoms with Crippen LogP contribution in [0.1, 0.15) is 50.0 Å². The summed E-state index contributed by atoms with van der Waals surface area (Å²) in [6.45, 7) is 4.61. The van der Waals surface area contributed by atoms with Crippen LogP contribution in [-0.4, -0.2) is 22.1 Å². The highest BCUT2D eigenvalue weighted by Gasteiger charge is 2.23. The van der Waals surface area contributed by atoms with Crippen LogP contribution in [0.2, 0.25) is 0 Å². The summed E-state index contributed by atoms with van der Waals surface area (Å²) in [5.41, 5.74) is 1.35. The highest BCUT2D eigenvalue weighted by atomic mass is 15.1. The van der Waals surface area contributed by atoms with Crippen molar-refractivity contribution >= 4 is 0 Å². The van der Waals surface area contributed by atoms with Gasteiger partial charge < -0.3 is 9.88 Å². The van der Waals surface area contributed by atoms with Gasteiger partial charge in [0, 0.05) is 31.1 Å². The average molecular weight is 219 g/mol. The molecule has 1 fully saturated rings. The van der Waals surface area contributed by atoms with Crippen LogP contribution in [0.25, 0.3) is 0 Å². The van der Waals surface area contributed by atoms with Crippen molar-refractivity contribution in [3.63, 3.8) is 0 Å². The van der Waals surface area contributed by atoms with E-state index in [0.717, 1.165) is 6.54 Å². The Bertz CT molecular complexity index is 346.